The van der Waals surface area contributed by atoms with Crippen molar-refractivity contribution < 1.29 is 9.90 Å². The lowest BCUT2D eigenvalue weighted by molar-refractivity contribution is -0.145. The van der Waals surface area contributed by atoms with Gasteiger partial charge in [0.15, 0.2) is 0 Å². The number of nitrogens with one attached hydrogen (secondary N) is 1. The second-order valence-corrected chi connectivity index (χ2v) is 3.66. The third kappa shape index (κ3) is 1.31. The number of aliphatic carboxylic acids is 1. The van der Waals surface area contributed by atoms with Crippen molar-refractivity contribution in [2.45, 2.75) is 43.7 Å². The molecule has 12 heavy (non-hydrogen) atoms. The fourth-order valence-corrected chi connectivity index (χ4v) is 2.30. The van der Waals surface area contributed by atoms with E-state index in [4.69, 9.17) is 5.11 Å². The molecule has 2 aliphatic heterocycles. The molecule has 70 valence electrons. The lowest BCUT2D eigenvalue weighted by Crippen LogP contribution is -2.52. The summed E-state index contributed by atoms with van der Waals surface area (Å²) in [6, 6.07) is 0.486. The van der Waals surface area contributed by atoms with E-state index in [1.165, 1.54) is 0 Å². The van der Waals surface area contributed by atoms with Crippen LogP contribution in [0.1, 0.15) is 32.1 Å². The summed E-state index contributed by atoms with van der Waals surface area (Å²) < 4.78 is 0. The molecule has 0 aromatic carbocycles. The molecule has 2 heterocycles. The van der Waals surface area contributed by atoms with E-state index >= 15 is 0 Å². The third-order valence-corrected chi connectivity index (χ3v) is 2.97. The van der Waals surface area contributed by atoms with Gasteiger partial charge in [0.1, 0.15) is 5.54 Å². The molecule has 4 heteroatoms. The molecule has 3 nitrogen and oxygen atoms in total. The largest absolute Gasteiger partial charge is 0.480 e. The topological polar surface area (TPSA) is 49.3 Å². The summed E-state index contributed by atoms with van der Waals surface area (Å²) in [5.74, 6) is -0.653. The lowest BCUT2D eigenvalue weighted by atomic mass is 9.91. The zero-order valence-corrected chi connectivity index (χ0v) is 7.69. The van der Waals surface area contributed by atoms with Crippen LogP contribution in [0.3, 0.4) is 0 Å². The van der Waals surface area contributed by atoms with Crippen molar-refractivity contribution >= 4 is 18.4 Å². The van der Waals surface area contributed by atoms with E-state index in [-0.39, 0.29) is 12.4 Å². The van der Waals surface area contributed by atoms with Crippen LogP contribution in [-0.4, -0.2) is 22.7 Å². The van der Waals surface area contributed by atoms with Gasteiger partial charge >= 0.3 is 5.97 Å². The minimum atomic E-state index is -0.653. The van der Waals surface area contributed by atoms with E-state index in [0.717, 1.165) is 32.1 Å². The summed E-state index contributed by atoms with van der Waals surface area (Å²) in [6.45, 7) is 0. The number of carboxylic acid groups (broad SMARTS) is 1. The molecule has 0 unspecified atom stereocenters. The predicted octanol–water partition coefficient (Wildman–Crippen LogP) is 1.17. The van der Waals surface area contributed by atoms with E-state index in [1.807, 2.05) is 0 Å². The quantitative estimate of drug-likeness (QED) is 0.654. The molecule has 2 fully saturated rings. The number of piperidine rings is 1. The van der Waals surface area contributed by atoms with Crippen LogP contribution in [0.5, 0.6) is 0 Å². The van der Waals surface area contributed by atoms with Crippen molar-refractivity contribution in [1.82, 2.24) is 5.32 Å². The number of rotatable bonds is 1. The third-order valence-electron chi connectivity index (χ3n) is 2.97. The molecule has 2 aliphatic rings. The number of hydrogen-bond acceptors (Lipinski definition) is 2. The van der Waals surface area contributed by atoms with Crippen molar-refractivity contribution in [3.05, 3.63) is 0 Å². The normalized spacial score (nSPS) is 38.8. The summed E-state index contributed by atoms with van der Waals surface area (Å²) in [4.78, 5) is 10.9. The van der Waals surface area contributed by atoms with Gasteiger partial charge in [0.2, 0.25) is 0 Å². The van der Waals surface area contributed by atoms with Crippen molar-refractivity contribution in [3.8, 4) is 0 Å². The molecule has 0 aromatic heterocycles. The van der Waals surface area contributed by atoms with Crippen molar-refractivity contribution in [1.29, 1.82) is 0 Å². The molecular weight excluding hydrogens is 178 g/mol. The highest BCUT2D eigenvalue weighted by molar-refractivity contribution is 5.85. The average molecular weight is 192 g/mol. The summed E-state index contributed by atoms with van der Waals surface area (Å²) in [6.07, 6.45) is 4.93. The van der Waals surface area contributed by atoms with Gasteiger partial charge in [-0.15, -0.1) is 12.4 Å². The van der Waals surface area contributed by atoms with Crippen LogP contribution in [0.15, 0.2) is 0 Å². The molecule has 0 amide bonds. The number of halogens is 1. The molecule has 0 spiro atoms. The maximum absolute atomic E-state index is 10.9. The standard InChI is InChI=1S/C8H13NO2.ClH/c10-7(11)8-4-1-2-6(9-8)3-5-8;/h6,9H,1-5H2,(H,10,11);1H/t6-,8+;/m0./s1. The minimum Gasteiger partial charge on any atom is -0.480 e. The van der Waals surface area contributed by atoms with Crippen molar-refractivity contribution in [3.63, 3.8) is 0 Å². The highest BCUT2D eigenvalue weighted by atomic mass is 35.5. The second-order valence-electron chi connectivity index (χ2n) is 3.66. The zero-order valence-electron chi connectivity index (χ0n) is 6.88. The van der Waals surface area contributed by atoms with E-state index in [0.29, 0.717) is 6.04 Å². The van der Waals surface area contributed by atoms with Gasteiger partial charge in [-0.2, -0.15) is 0 Å². The summed E-state index contributed by atoms with van der Waals surface area (Å²) in [7, 11) is 0. The van der Waals surface area contributed by atoms with Gasteiger partial charge in [-0.05, 0) is 32.1 Å². The number of hydrogen-bond donors (Lipinski definition) is 2. The van der Waals surface area contributed by atoms with E-state index in [2.05, 4.69) is 5.32 Å². The van der Waals surface area contributed by atoms with Crippen LogP contribution in [0.25, 0.3) is 0 Å². The van der Waals surface area contributed by atoms with Gasteiger partial charge in [-0.1, -0.05) is 0 Å². The molecule has 2 rings (SSSR count). The van der Waals surface area contributed by atoms with Crippen LogP contribution in [0.2, 0.25) is 0 Å². The van der Waals surface area contributed by atoms with Gasteiger partial charge < -0.3 is 5.11 Å². The predicted molar refractivity (Wildman–Crippen MR) is 47.6 cm³/mol. The van der Waals surface area contributed by atoms with Crippen molar-refractivity contribution in [2.24, 2.45) is 0 Å². The fourth-order valence-electron chi connectivity index (χ4n) is 2.30. The highest BCUT2D eigenvalue weighted by Gasteiger charge is 2.46. The first kappa shape index (κ1) is 9.81. The number of fused-ring (bicyclic) bond motifs is 2. The Morgan fingerprint density at radius 2 is 2.17 bits per heavy atom. The maximum Gasteiger partial charge on any atom is 0.323 e. The first-order valence-corrected chi connectivity index (χ1v) is 4.24. The Kier molecular flexibility index (Phi) is 2.64. The van der Waals surface area contributed by atoms with E-state index in [9.17, 15) is 4.79 Å². The lowest BCUT2D eigenvalue weighted by Gasteiger charge is -2.30. The molecule has 0 radical (unpaired) electrons. The molecular formula is C8H14ClNO2. The Labute approximate surface area is 77.9 Å². The van der Waals surface area contributed by atoms with E-state index < -0.39 is 11.5 Å². The smallest absolute Gasteiger partial charge is 0.323 e. The number of carboxylic acids is 1. The maximum atomic E-state index is 10.9. The SMILES string of the molecule is Cl.O=C(O)[C@@]12CCC[C@@H](CC1)N2. The van der Waals surface area contributed by atoms with Crippen LogP contribution in [0, 0.1) is 0 Å². The second kappa shape index (κ2) is 3.23. The van der Waals surface area contributed by atoms with Gasteiger partial charge in [0.25, 0.3) is 0 Å². The Morgan fingerprint density at radius 1 is 1.42 bits per heavy atom. The molecule has 0 saturated carbocycles. The van der Waals surface area contributed by atoms with Crippen LogP contribution in [0.4, 0.5) is 0 Å². The fraction of sp³-hybridized carbons (Fsp3) is 0.875. The Balaban J connectivity index is 0.000000720. The van der Waals surface area contributed by atoms with Gasteiger partial charge in [-0.25, -0.2) is 0 Å². The van der Waals surface area contributed by atoms with Crippen LogP contribution >= 0.6 is 12.4 Å². The average Bonchev–Trinajstić information content (AvgIpc) is 2.29. The van der Waals surface area contributed by atoms with Gasteiger partial charge in [0.05, 0.1) is 0 Å². The molecule has 2 saturated heterocycles. The molecule has 2 bridgehead atoms. The minimum absolute atomic E-state index is 0. The molecule has 0 aliphatic carbocycles. The first-order valence-electron chi connectivity index (χ1n) is 4.24. The summed E-state index contributed by atoms with van der Waals surface area (Å²) in [5.41, 5.74) is -0.539. The Hall–Kier alpha value is -0.280. The highest BCUT2D eigenvalue weighted by Crippen LogP contribution is 2.35. The first-order chi connectivity index (χ1) is 5.23. The number of carbonyl (C=O) groups is 1. The monoisotopic (exact) mass is 191 g/mol. The zero-order chi connectivity index (χ0) is 7.90. The Bertz CT molecular complexity index is 193. The molecule has 2 N–H and O–H groups in total. The summed E-state index contributed by atoms with van der Waals surface area (Å²) >= 11 is 0. The molecule has 0 aromatic rings. The van der Waals surface area contributed by atoms with Gasteiger partial charge in [0, 0.05) is 6.04 Å². The van der Waals surface area contributed by atoms with Crippen LogP contribution < -0.4 is 5.32 Å². The summed E-state index contributed by atoms with van der Waals surface area (Å²) in [5, 5.41) is 12.2. The van der Waals surface area contributed by atoms with Crippen molar-refractivity contribution in [2.75, 3.05) is 0 Å². The van der Waals surface area contributed by atoms with E-state index in [1.54, 1.807) is 0 Å². The van der Waals surface area contributed by atoms with Crippen LogP contribution in [-0.2, 0) is 4.79 Å². The Morgan fingerprint density at radius 3 is 2.75 bits per heavy atom. The molecule has 2 atom stereocenters. The van der Waals surface area contributed by atoms with Gasteiger partial charge in [-0.3, -0.25) is 10.1 Å².